The zero-order chi connectivity index (χ0) is 17.1. The van der Waals surface area contributed by atoms with Gasteiger partial charge >= 0.3 is 12.0 Å². The number of hydrogen-bond acceptors (Lipinski definition) is 3. The van der Waals surface area contributed by atoms with Crippen molar-refractivity contribution in [2.75, 3.05) is 6.61 Å². The molecule has 0 saturated heterocycles. The van der Waals surface area contributed by atoms with E-state index in [4.69, 9.17) is 4.74 Å². The summed E-state index contributed by atoms with van der Waals surface area (Å²) < 4.78 is 5.11. The summed E-state index contributed by atoms with van der Waals surface area (Å²) in [5.74, 6) is -0.331. The van der Waals surface area contributed by atoms with Crippen LogP contribution in [0.25, 0.3) is 0 Å². The summed E-state index contributed by atoms with van der Waals surface area (Å²) in [6.07, 6.45) is 10.7. The minimum absolute atomic E-state index is 0.233. The van der Waals surface area contributed by atoms with Gasteiger partial charge in [0.2, 0.25) is 0 Å². The standard InChI is InChI=1S/C18H32N2O3/c1-4-6-7-8-9-10-11-12-13-15-16(17(21)23-5-2)14(3)19-18(22)20-15/h15H,4-13H2,1-3H3,(H2,19,20,22). The molecular weight excluding hydrogens is 292 g/mol. The topological polar surface area (TPSA) is 67.4 Å². The Kier molecular flexibility index (Phi) is 9.41. The van der Waals surface area contributed by atoms with E-state index in [0.717, 1.165) is 19.3 Å². The van der Waals surface area contributed by atoms with Crippen molar-refractivity contribution >= 4 is 12.0 Å². The van der Waals surface area contributed by atoms with Crippen LogP contribution in [0.2, 0.25) is 0 Å². The fourth-order valence-electron chi connectivity index (χ4n) is 2.97. The van der Waals surface area contributed by atoms with Gasteiger partial charge < -0.3 is 15.4 Å². The lowest BCUT2D eigenvalue weighted by Crippen LogP contribution is -2.49. The van der Waals surface area contributed by atoms with Crippen LogP contribution >= 0.6 is 0 Å². The number of carbonyl (C=O) groups excluding carboxylic acids is 2. The average Bonchev–Trinajstić information content (AvgIpc) is 2.49. The number of unbranched alkanes of at least 4 members (excludes halogenated alkanes) is 7. The number of carbonyl (C=O) groups is 2. The van der Waals surface area contributed by atoms with Gasteiger partial charge in [-0.2, -0.15) is 0 Å². The maximum atomic E-state index is 12.1. The van der Waals surface area contributed by atoms with Gasteiger partial charge in [0, 0.05) is 5.70 Å². The minimum Gasteiger partial charge on any atom is -0.463 e. The molecule has 132 valence electrons. The van der Waals surface area contributed by atoms with E-state index in [0.29, 0.717) is 17.9 Å². The summed E-state index contributed by atoms with van der Waals surface area (Å²) in [6.45, 7) is 6.11. The highest BCUT2D eigenvalue weighted by molar-refractivity contribution is 5.94. The largest absolute Gasteiger partial charge is 0.463 e. The third kappa shape index (κ3) is 7.06. The number of urea groups is 1. The molecule has 2 amide bonds. The third-order valence-electron chi connectivity index (χ3n) is 4.20. The number of allylic oxidation sites excluding steroid dienone is 1. The summed E-state index contributed by atoms with van der Waals surface area (Å²) in [4.78, 5) is 23.7. The Morgan fingerprint density at radius 2 is 1.65 bits per heavy atom. The minimum atomic E-state index is -0.331. The Balaban J connectivity index is 2.39. The van der Waals surface area contributed by atoms with Gasteiger partial charge in [0.1, 0.15) is 0 Å². The number of hydrogen-bond donors (Lipinski definition) is 2. The van der Waals surface area contributed by atoms with E-state index in [-0.39, 0.29) is 18.0 Å². The molecule has 1 atom stereocenters. The first-order valence-electron chi connectivity index (χ1n) is 9.05. The van der Waals surface area contributed by atoms with Crippen molar-refractivity contribution in [1.82, 2.24) is 10.6 Å². The maximum Gasteiger partial charge on any atom is 0.337 e. The number of nitrogens with one attached hydrogen (secondary N) is 2. The van der Waals surface area contributed by atoms with Crippen LogP contribution in [0.15, 0.2) is 11.3 Å². The Bertz CT molecular complexity index is 418. The summed E-state index contributed by atoms with van der Waals surface area (Å²) in [6, 6.07) is -0.469. The van der Waals surface area contributed by atoms with Gasteiger partial charge in [-0.1, -0.05) is 58.3 Å². The second-order valence-corrected chi connectivity index (χ2v) is 6.17. The molecule has 1 unspecified atom stereocenters. The molecule has 0 radical (unpaired) electrons. The van der Waals surface area contributed by atoms with Crippen molar-refractivity contribution in [2.24, 2.45) is 0 Å². The highest BCUT2D eigenvalue weighted by Crippen LogP contribution is 2.19. The van der Waals surface area contributed by atoms with Gasteiger partial charge in [0.15, 0.2) is 0 Å². The monoisotopic (exact) mass is 324 g/mol. The smallest absolute Gasteiger partial charge is 0.337 e. The number of rotatable bonds is 11. The van der Waals surface area contributed by atoms with Crippen LogP contribution in [0, 0.1) is 0 Å². The van der Waals surface area contributed by atoms with E-state index in [2.05, 4.69) is 17.6 Å². The van der Waals surface area contributed by atoms with Crippen LogP contribution in [0.3, 0.4) is 0 Å². The predicted octanol–water partition coefficient (Wildman–Crippen LogP) is 4.04. The van der Waals surface area contributed by atoms with Crippen LogP contribution < -0.4 is 10.6 Å². The normalized spacial score (nSPS) is 17.7. The molecule has 0 bridgehead atoms. The first-order chi connectivity index (χ1) is 11.1. The van der Waals surface area contributed by atoms with Crippen molar-refractivity contribution < 1.29 is 14.3 Å². The number of ether oxygens (including phenoxy) is 1. The Hall–Kier alpha value is -1.52. The maximum absolute atomic E-state index is 12.1. The van der Waals surface area contributed by atoms with Gasteiger partial charge in [-0.3, -0.25) is 0 Å². The van der Waals surface area contributed by atoms with Gasteiger partial charge in [-0.25, -0.2) is 9.59 Å². The van der Waals surface area contributed by atoms with Gasteiger partial charge in [-0.05, 0) is 20.3 Å². The summed E-state index contributed by atoms with van der Waals surface area (Å²) >= 11 is 0. The highest BCUT2D eigenvalue weighted by Gasteiger charge is 2.30. The molecule has 0 aromatic heterocycles. The molecule has 0 aromatic rings. The Labute approximate surface area is 140 Å². The Morgan fingerprint density at radius 3 is 2.26 bits per heavy atom. The van der Waals surface area contributed by atoms with Crippen LogP contribution in [0.5, 0.6) is 0 Å². The van der Waals surface area contributed by atoms with Crippen molar-refractivity contribution in [3.8, 4) is 0 Å². The van der Waals surface area contributed by atoms with Crippen LogP contribution in [0.1, 0.15) is 78.6 Å². The van der Waals surface area contributed by atoms with E-state index in [1.807, 2.05) is 0 Å². The molecule has 1 aliphatic rings. The molecule has 23 heavy (non-hydrogen) atoms. The van der Waals surface area contributed by atoms with E-state index in [9.17, 15) is 9.59 Å². The number of esters is 1. The second-order valence-electron chi connectivity index (χ2n) is 6.17. The molecular formula is C18H32N2O3. The van der Waals surface area contributed by atoms with Crippen LogP contribution in [-0.4, -0.2) is 24.6 Å². The van der Waals surface area contributed by atoms with Crippen molar-refractivity contribution in [2.45, 2.75) is 84.6 Å². The van der Waals surface area contributed by atoms with Gasteiger partial charge in [-0.15, -0.1) is 0 Å². The average molecular weight is 324 g/mol. The lowest BCUT2D eigenvalue weighted by Gasteiger charge is -2.27. The van der Waals surface area contributed by atoms with Crippen molar-refractivity contribution in [3.05, 3.63) is 11.3 Å². The van der Waals surface area contributed by atoms with Crippen LogP contribution in [-0.2, 0) is 9.53 Å². The van der Waals surface area contributed by atoms with Crippen molar-refractivity contribution in [3.63, 3.8) is 0 Å². The fourth-order valence-corrected chi connectivity index (χ4v) is 2.97. The quantitative estimate of drug-likeness (QED) is 0.445. The summed E-state index contributed by atoms with van der Waals surface area (Å²) in [5.41, 5.74) is 1.17. The number of amides is 2. The Morgan fingerprint density at radius 1 is 1.04 bits per heavy atom. The van der Waals surface area contributed by atoms with Gasteiger partial charge in [0.05, 0.1) is 18.2 Å². The van der Waals surface area contributed by atoms with E-state index < -0.39 is 0 Å². The third-order valence-corrected chi connectivity index (χ3v) is 4.20. The lowest BCUT2D eigenvalue weighted by molar-refractivity contribution is -0.139. The first kappa shape index (κ1) is 19.5. The van der Waals surface area contributed by atoms with Gasteiger partial charge in [0.25, 0.3) is 0 Å². The van der Waals surface area contributed by atoms with E-state index >= 15 is 0 Å². The zero-order valence-corrected chi connectivity index (χ0v) is 14.9. The molecule has 0 aromatic carbocycles. The predicted molar refractivity (Wildman–Crippen MR) is 92.0 cm³/mol. The van der Waals surface area contributed by atoms with E-state index in [1.165, 1.54) is 38.5 Å². The zero-order valence-electron chi connectivity index (χ0n) is 14.9. The summed E-state index contributed by atoms with van der Waals surface area (Å²) in [5, 5.41) is 5.50. The molecule has 0 aliphatic carbocycles. The highest BCUT2D eigenvalue weighted by atomic mass is 16.5. The molecule has 5 heteroatoms. The molecule has 0 fully saturated rings. The van der Waals surface area contributed by atoms with Crippen LogP contribution in [0.4, 0.5) is 4.79 Å². The summed E-state index contributed by atoms with van der Waals surface area (Å²) in [7, 11) is 0. The molecule has 2 N–H and O–H groups in total. The molecule has 0 saturated carbocycles. The van der Waals surface area contributed by atoms with E-state index in [1.54, 1.807) is 13.8 Å². The van der Waals surface area contributed by atoms with Crippen molar-refractivity contribution in [1.29, 1.82) is 0 Å². The molecule has 1 aliphatic heterocycles. The second kappa shape index (κ2) is 11.1. The molecule has 1 rings (SSSR count). The molecule has 1 heterocycles. The molecule has 0 spiro atoms. The SMILES string of the molecule is CCCCCCCCCCC1NC(=O)NC(C)=C1C(=O)OCC. The fraction of sp³-hybridized carbons (Fsp3) is 0.778. The molecule has 5 nitrogen and oxygen atoms in total. The first-order valence-corrected chi connectivity index (χ1v) is 9.05. The lowest BCUT2D eigenvalue weighted by atomic mass is 9.96.